The topological polar surface area (TPSA) is 71.2 Å². The van der Waals surface area contributed by atoms with Crippen LogP contribution in [-0.2, 0) is 0 Å². The summed E-state index contributed by atoms with van der Waals surface area (Å²) in [6.45, 7) is 3.06. The molecule has 0 spiro atoms. The molecule has 0 saturated carbocycles. The van der Waals surface area contributed by atoms with Crippen LogP contribution in [-0.4, -0.2) is 34.7 Å². The summed E-state index contributed by atoms with van der Waals surface area (Å²) in [6.07, 6.45) is 0.865. The molecular weight excluding hydrogens is 222 g/mol. The van der Waals surface area contributed by atoms with Crippen molar-refractivity contribution >= 4 is 23.3 Å². The van der Waals surface area contributed by atoms with Gasteiger partial charge in [-0.3, -0.25) is 0 Å². The second-order valence-electron chi connectivity index (χ2n) is 3.49. The Morgan fingerprint density at radius 3 is 2.94 bits per heavy atom. The molecule has 5 heteroatoms. The van der Waals surface area contributed by atoms with Gasteiger partial charge in [0, 0.05) is 18.9 Å². The maximum Gasteiger partial charge on any atom is 0.126 e. The van der Waals surface area contributed by atoms with Crippen molar-refractivity contribution in [2.45, 2.75) is 13.3 Å². The largest absolute Gasteiger partial charge is 0.397 e. The second-order valence-corrected chi connectivity index (χ2v) is 4.71. The number of hydrogen-bond donors (Lipinski definition) is 3. The highest BCUT2D eigenvalue weighted by atomic mass is 32.2. The van der Waals surface area contributed by atoms with Gasteiger partial charge in [-0.15, -0.1) is 0 Å². The van der Waals surface area contributed by atoms with Crippen molar-refractivity contribution < 1.29 is 5.11 Å². The summed E-state index contributed by atoms with van der Waals surface area (Å²) >= 11 is 1.83. The molecule has 0 radical (unpaired) electrons. The Morgan fingerprint density at radius 2 is 2.25 bits per heavy atom. The average molecular weight is 241 g/mol. The minimum atomic E-state index is 0.277. The summed E-state index contributed by atoms with van der Waals surface area (Å²) in [5.74, 6) is 2.90. The van der Waals surface area contributed by atoms with E-state index in [-0.39, 0.29) is 6.61 Å². The quantitative estimate of drug-likeness (QED) is 0.631. The van der Waals surface area contributed by atoms with E-state index in [1.54, 1.807) is 0 Å². The van der Waals surface area contributed by atoms with Crippen LogP contribution in [0.4, 0.5) is 11.5 Å². The molecule has 0 aliphatic carbocycles. The zero-order valence-corrected chi connectivity index (χ0v) is 10.4. The number of aliphatic hydroxyl groups is 1. The van der Waals surface area contributed by atoms with Crippen molar-refractivity contribution in [3.05, 3.63) is 17.8 Å². The lowest BCUT2D eigenvalue weighted by Crippen LogP contribution is -2.07. The van der Waals surface area contributed by atoms with Crippen molar-refractivity contribution in [3.63, 3.8) is 0 Å². The van der Waals surface area contributed by atoms with Crippen LogP contribution in [0.2, 0.25) is 0 Å². The molecule has 1 aromatic rings. The van der Waals surface area contributed by atoms with Crippen LogP contribution in [0.15, 0.2) is 12.1 Å². The minimum absolute atomic E-state index is 0.277. The molecule has 0 amide bonds. The highest BCUT2D eigenvalue weighted by Crippen LogP contribution is 2.11. The van der Waals surface area contributed by atoms with Crippen LogP contribution in [0, 0.1) is 6.92 Å². The van der Waals surface area contributed by atoms with Gasteiger partial charge in [0.25, 0.3) is 0 Å². The molecule has 0 unspecified atom stereocenters. The summed E-state index contributed by atoms with van der Waals surface area (Å²) in [5.41, 5.74) is 7.26. The van der Waals surface area contributed by atoms with Crippen molar-refractivity contribution in [1.82, 2.24) is 4.98 Å². The first-order valence-electron chi connectivity index (χ1n) is 5.39. The van der Waals surface area contributed by atoms with E-state index in [1.807, 2.05) is 30.8 Å². The van der Waals surface area contributed by atoms with E-state index in [0.717, 1.165) is 41.7 Å². The first kappa shape index (κ1) is 13.1. The predicted molar refractivity (Wildman–Crippen MR) is 70.9 cm³/mol. The maximum absolute atomic E-state index is 8.61. The van der Waals surface area contributed by atoms with Crippen LogP contribution >= 0.6 is 11.8 Å². The van der Waals surface area contributed by atoms with Crippen molar-refractivity contribution in [2.75, 3.05) is 35.7 Å². The van der Waals surface area contributed by atoms with Crippen LogP contribution in [0.25, 0.3) is 0 Å². The molecule has 1 rings (SSSR count). The van der Waals surface area contributed by atoms with Crippen LogP contribution in [0.1, 0.15) is 12.1 Å². The molecule has 0 atom stereocenters. The number of nitrogens with two attached hydrogens (primary N) is 1. The third kappa shape index (κ3) is 4.72. The highest BCUT2D eigenvalue weighted by molar-refractivity contribution is 7.99. The number of nitrogen functional groups attached to an aromatic ring is 1. The second kappa shape index (κ2) is 7.35. The third-order valence-electron chi connectivity index (χ3n) is 2.13. The molecule has 0 aromatic carbocycles. The zero-order valence-electron chi connectivity index (χ0n) is 9.57. The Balaban J connectivity index is 2.19. The molecule has 0 aliphatic rings. The molecule has 16 heavy (non-hydrogen) atoms. The lowest BCUT2D eigenvalue weighted by molar-refractivity contribution is 0.296. The fourth-order valence-electron chi connectivity index (χ4n) is 1.19. The van der Waals surface area contributed by atoms with Crippen LogP contribution in [0.3, 0.4) is 0 Å². The van der Waals surface area contributed by atoms with Gasteiger partial charge in [0.2, 0.25) is 0 Å². The Bertz CT molecular complexity index is 320. The van der Waals surface area contributed by atoms with Gasteiger partial charge in [-0.05, 0) is 31.2 Å². The fraction of sp³-hybridized carbons (Fsp3) is 0.545. The summed E-state index contributed by atoms with van der Waals surface area (Å²) in [4.78, 5) is 4.32. The van der Waals surface area contributed by atoms with Gasteiger partial charge in [-0.25, -0.2) is 4.98 Å². The van der Waals surface area contributed by atoms with Gasteiger partial charge in [0.05, 0.1) is 11.4 Å². The van der Waals surface area contributed by atoms with Gasteiger partial charge in [0.15, 0.2) is 0 Å². The average Bonchev–Trinajstić information content (AvgIpc) is 2.28. The lowest BCUT2D eigenvalue weighted by Gasteiger charge is -2.07. The van der Waals surface area contributed by atoms with Gasteiger partial charge < -0.3 is 16.2 Å². The van der Waals surface area contributed by atoms with E-state index in [4.69, 9.17) is 10.8 Å². The number of aryl methyl sites for hydroxylation is 1. The van der Waals surface area contributed by atoms with Gasteiger partial charge in [-0.1, -0.05) is 0 Å². The number of rotatable bonds is 7. The molecule has 1 heterocycles. The highest BCUT2D eigenvalue weighted by Gasteiger charge is 1.97. The Morgan fingerprint density at radius 1 is 1.44 bits per heavy atom. The van der Waals surface area contributed by atoms with Crippen molar-refractivity contribution in [1.29, 1.82) is 0 Å². The number of anilines is 2. The first-order valence-corrected chi connectivity index (χ1v) is 6.55. The van der Waals surface area contributed by atoms with Crippen molar-refractivity contribution in [3.8, 4) is 0 Å². The molecule has 1 aromatic heterocycles. The number of nitrogens with zero attached hydrogens (tertiary/aromatic N) is 1. The molecule has 4 nitrogen and oxygen atoms in total. The molecule has 90 valence electrons. The lowest BCUT2D eigenvalue weighted by atomic mass is 10.3. The predicted octanol–water partition coefficient (Wildman–Crippen LogP) is 1.50. The van der Waals surface area contributed by atoms with Gasteiger partial charge >= 0.3 is 0 Å². The van der Waals surface area contributed by atoms with E-state index in [2.05, 4.69) is 10.3 Å². The summed E-state index contributed by atoms with van der Waals surface area (Å²) in [6, 6.07) is 3.75. The van der Waals surface area contributed by atoms with Gasteiger partial charge in [0.1, 0.15) is 5.82 Å². The SMILES string of the molecule is Cc1nc(NCCSCCCO)ccc1N. The normalized spacial score (nSPS) is 10.4. The number of thioether (sulfide) groups is 1. The molecule has 0 fully saturated rings. The molecular formula is C11H19N3OS. The number of pyridine rings is 1. The zero-order chi connectivity index (χ0) is 11.8. The molecule has 0 aliphatic heterocycles. The summed E-state index contributed by atoms with van der Waals surface area (Å²) < 4.78 is 0. The van der Waals surface area contributed by atoms with E-state index >= 15 is 0 Å². The third-order valence-corrected chi connectivity index (χ3v) is 3.20. The summed E-state index contributed by atoms with van der Waals surface area (Å²) in [7, 11) is 0. The fourth-order valence-corrected chi connectivity index (χ4v) is 1.97. The number of nitrogens with one attached hydrogen (secondary N) is 1. The van der Waals surface area contributed by atoms with Gasteiger partial charge in [-0.2, -0.15) is 11.8 Å². The Labute approximate surface area is 101 Å². The summed E-state index contributed by atoms with van der Waals surface area (Å²) in [5, 5.41) is 11.8. The standard InChI is InChI=1S/C11H19N3OS/c1-9-10(12)3-4-11(14-9)13-5-8-16-7-2-6-15/h3-4,15H,2,5-8,12H2,1H3,(H,13,14). The first-order chi connectivity index (χ1) is 7.74. The van der Waals surface area contributed by atoms with E-state index in [1.165, 1.54) is 0 Å². The smallest absolute Gasteiger partial charge is 0.126 e. The Kier molecular flexibility index (Phi) is 6.03. The van der Waals surface area contributed by atoms with E-state index in [0.29, 0.717) is 0 Å². The maximum atomic E-state index is 8.61. The molecule has 0 bridgehead atoms. The van der Waals surface area contributed by atoms with Crippen LogP contribution in [0.5, 0.6) is 0 Å². The van der Waals surface area contributed by atoms with E-state index < -0.39 is 0 Å². The number of hydrogen-bond acceptors (Lipinski definition) is 5. The monoisotopic (exact) mass is 241 g/mol. The minimum Gasteiger partial charge on any atom is -0.397 e. The Hall–Kier alpha value is -0.940. The van der Waals surface area contributed by atoms with Crippen LogP contribution < -0.4 is 11.1 Å². The number of aliphatic hydroxyl groups excluding tert-OH is 1. The van der Waals surface area contributed by atoms with Crippen molar-refractivity contribution in [2.24, 2.45) is 0 Å². The molecule has 4 N–H and O–H groups in total. The molecule has 0 saturated heterocycles. The van der Waals surface area contributed by atoms with E-state index in [9.17, 15) is 0 Å². The number of aromatic nitrogens is 1.